The molecule has 4 nitrogen and oxygen atoms in total. The fourth-order valence-corrected chi connectivity index (χ4v) is 3.80. The first-order chi connectivity index (χ1) is 14.6. The van der Waals surface area contributed by atoms with Gasteiger partial charge in [-0.05, 0) is 72.8 Å². The lowest BCUT2D eigenvalue weighted by Gasteiger charge is -2.21. The van der Waals surface area contributed by atoms with Crippen LogP contribution in [0.2, 0.25) is 0 Å². The van der Waals surface area contributed by atoms with E-state index in [1.807, 2.05) is 36.4 Å². The molecule has 0 spiro atoms. The summed E-state index contributed by atoms with van der Waals surface area (Å²) in [5, 5.41) is 0. The van der Waals surface area contributed by atoms with Crippen molar-refractivity contribution in [1.29, 1.82) is 0 Å². The SMILES string of the molecule is Cl.NCCc1ccc(Oc2ccc(F)c(C(=O)N3CCc4ccccc4CC3)c2)cc1. The summed E-state index contributed by atoms with van der Waals surface area (Å²) in [6.45, 7) is 1.73. The van der Waals surface area contributed by atoms with E-state index in [1.165, 1.54) is 29.3 Å². The minimum Gasteiger partial charge on any atom is -0.457 e. The summed E-state index contributed by atoms with van der Waals surface area (Å²) in [5.41, 5.74) is 9.25. The van der Waals surface area contributed by atoms with Crippen molar-refractivity contribution in [2.45, 2.75) is 19.3 Å². The molecule has 0 bridgehead atoms. The Morgan fingerprint density at radius 1 is 0.935 bits per heavy atom. The minimum atomic E-state index is -0.535. The Balaban J connectivity index is 0.00000272. The molecule has 3 aromatic rings. The molecule has 0 saturated carbocycles. The van der Waals surface area contributed by atoms with Gasteiger partial charge in [-0.25, -0.2) is 4.39 Å². The molecule has 2 N–H and O–H groups in total. The van der Waals surface area contributed by atoms with E-state index in [9.17, 15) is 9.18 Å². The maximum atomic E-state index is 14.5. The molecular weight excluding hydrogens is 415 g/mol. The summed E-state index contributed by atoms with van der Waals surface area (Å²) in [7, 11) is 0. The highest BCUT2D eigenvalue weighted by molar-refractivity contribution is 5.95. The molecule has 31 heavy (non-hydrogen) atoms. The lowest BCUT2D eigenvalue weighted by Crippen LogP contribution is -2.33. The van der Waals surface area contributed by atoms with Crippen LogP contribution in [0.15, 0.2) is 66.7 Å². The summed E-state index contributed by atoms with van der Waals surface area (Å²) in [6.07, 6.45) is 2.35. The van der Waals surface area contributed by atoms with Gasteiger partial charge in [0.2, 0.25) is 0 Å². The van der Waals surface area contributed by atoms with Gasteiger partial charge in [0.15, 0.2) is 0 Å². The number of hydrogen-bond acceptors (Lipinski definition) is 3. The van der Waals surface area contributed by atoms with Crippen LogP contribution in [0.1, 0.15) is 27.0 Å². The molecule has 1 heterocycles. The van der Waals surface area contributed by atoms with Gasteiger partial charge in [0, 0.05) is 13.1 Å². The lowest BCUT2D eigenvalue weighted by molar-refractivity contribution is 0.0758. The van der Waals surface area contributed by atoms with Gasteiger partial charge in [-0.3, -0.25) is 4.79 Å². The van der Waals surface area contributed by atoms with Crippen LogP contribution >= 0.6 is 12.4 Å². The fourth-order valence-electron chi connectivity index (χ4n) is 3.80. The molecule has 0 atom stereocenters. The van der Waals surface area contributed by atoms with Crippen LogP contribution in [-0.4, -0.2) is 30.4 Å². The predicted octanol–water partition coefficient (Wildman–Crippen LogP) is 4.78. The van der Waals surface area contributed by atoms with Crippen molar-refractivity contribution in [3.63, 3.8) is 0 Å². The molecular formula is C25H26ClFN2O2. The second-order valence-corrected chi connectivity index (χ2v) is 7.49. The third kappa shape index (κ3) is 5.43. The first-order valence-electron chi connectivity index (χ1n) is 10.3. The Labute approximate surface area is 188 Å². The number of ether oxygens (including phenoxy) is 1. The zero-order chi connectivity index (χ0) is 20.9. The molecule has 0 aromatic heterocycles. The van der Waals surface area contributed by atoms with Gasteiger partial charge in [-0.15, -0.1) is 12.4 Å². The molecule has 1 aliphatic rings. The summed E-state index contributed by atoms with van der Waals surface area (Å²) in [4.78, 5) is 14.8. The van der Waals surface area contributed by atoms with Crippen molar-refractivity contribution in [2.75, 3.05) is 19.6 Å². The largest absolute Gasteiger partial charge is 0.457 e. The Bertz CT molecular complexity index is 1010. The number of rotatable bonds is 5. The molecule has 0 aliphatic carbocycles. The number of nitrogens with two attached hydrogens (primary N) is 1. The quantitative estimate of drug-likeness (QED) is 0.621. The summed E-state index contributed by atoms with van der Waals surface area (Å²) < 4.78 is 20.4. The average Bonchev–Trinajstić information content (AvgIpc) is 2.99. The Morgan fingerprint density at radius 2 is 1.55 bits per heavy atom. The number of fused-ring (bicyclic) bond motifs is 1. The molecule has 3 aromatic carbocycles. The molecule has 4 rings (SSSR count). The van der Waals surface area contributed by atoms with Crippen molar-refractivity contribution < 1.29 is 13.9 Å². The van der Waals surface area contributed by atoms with Gasteiger partial charge >= 0.3 is 0 Å². The Hall–Kier alpha value is -2.89. The summed E-state index contributed by atoms with van der Waals surface area (Å²) >= 11 is 0. The smallest absolute Gasteiger partial charge is 0.256 e. The standard InChI is InChI=1S/C25H25FN2O2.ClH/c26-24-10-9-22(30-21-7-5-18(6-8-21)11-14-27)17-23(24)25(29)28-15-12-19-3-1-2-4-20(19)13-16-28;/h1-10,17H,11-16,27H2;1H. The van der Waals surface area contributed by atoms with Crippen LogP contribution in [0.4, 0.5) is 4.39 Å². The Kier molecular flexibility index (Phi) is 7.66. The number of hydrogen-bond donors (Lipinski definition) is 1. The number of benzene rings is 3. The van der Waals surface area contributed by atoms with Crippen molar-refractivity contribution in [3.05, 3.63) is 94.8 Å². The van der Waals surface area contributed by atoms with E-state index in [0.29, 0.717) is 31.1 Å². The topological polar surface area (TPSA) is 55.6 Å². The van der Waals surface area contributed by atoms with E-state index in [2.05, 4.69) is 12.1 Å². The molecule has 0 radical (unpaired) electrons. The van der Waals surface area contributed by atoms with E-state index < -0.39 is 5.82 Å². The van der Waals surface area contributed by atoms with Crippen LogP contribution in [0, 0.1) is 5.82 Å². The van der Waals surface area contributed by atoms with Crippen LogP contribution in [-0.2, 0) is 19.3 Å². The zero-order valence-electron chi connectivity index (χ0n) is 17.2. The zero-order valence-corrected chi connectivity index (χ0v) is 18.0. The van der Waals surface area contributed by atoms with Gasteiger partial charge in [0.1, 0.15) is 17.3 Å². The van der Waals surface area contributed by atoms with Crippen LogP contribution in [0.25, 0.3) is 0 Å². The summed E-state index contributed by atoms with van der Waals surface area (Å²) in [5.74, 6) is 0.229. The molecule has 0 saturated heterocycles. The minimum absolute atomic E-state index is 0. The maximum Gasteiger partial charge on any atom is 0.256 e. The van der Waals surface area contributed by atoms with Crippen molar-refractivity contribution in [1.82, 2.24) is 4.90 Å². The second kappa shape index (κ2) is 10.4. The number of amides is 1. The van der Waals surface area contributed by atoms with E-state index in [1.54, 1.807) is 4.90 Å². The van der Waals surface area contributed by atoms with Gasteiger partial charge in [-0.1, -0.05) is 36.4 Å². The van der Waals surface area contributed by atoms with E-state index in [0.717, 1.165) is 24.8 Å². The van der Waals surface area contributed by atoms with E-state index >= 15 is 0 Å². The predicted molar refractivity (Wildman–Crippen MR) is 123 cm³/mol. The third-order valence-corrected chi connectivity index (χ3v) is 5.47. The van der Waals surface area contributed by atoms with E-state index in [-0.39, 0.29) is 23.9 Å². The van der Waals surface area contributed by atoms with Gasteiger partial charge < -0.3 is 15.4 Å². The number of carbonyl (C=O) groups excluding carboxylic acids is 1. The molecule has 1 amide bonds. The highest BCUT2D eigenvalue weighted by Gasteiger charge is 2.22. The highest BCUT2D eigenvalue weighted by Crippen LogP contribution is 2.26. The maximum absolute atomic E-state index is 14.5. The van der Waals surface area contributed by atoms with Gasteiger partial charge in [0.05, 0.1) is 5.56 Å². The fraction of sp³-hybridized carbons (Fsp3) is 0.240. The first-order valence-corrected chi connectivity index (χ1v) is 10.3. The molecule has 6 heteroatoms. The first kappa shape index (κ1) is 22.8. The van der Waals surface area contributed by atoms with Gasteiger partial charge in [0.25, 0.3) is 5.91 Å². The molecule has 162 valence electrons. The van der Waals surface area contributed by atoms with E-state index in [4.69, 9.17) is 10.5 Å². The van der Waals surface area contributed by atoms with Gasteiger partial charge in [-0.2, -0.15) is 0 Å². The second-order valence-electron chi connectivity index (χ2n) is 7.49. The third-order valence-electron chi connectivity index (χ3n) is 5.47. The molecule has 1 aliphatic heterocycles. The number of halogens is 2. The molecule has 0 unspecified atom stereocenters. The summed E-state index contributed by atoms with van der Waals surface area (Å²) in [6, 6.07) is 20.1. The Morgan fingerprint density at radius 3 is 2.16 bits per heavy atom. The number of carbonyl (C=O) groups is 1. The number of nitrogens with zero attached hydrogens (tertiary/aromatic N) is 1. The average molecular weight is 441 g/mol. The van der Waals surface area contributed by atoms with Crippen molar-refractivity contribution in [2.24, 2.45) is 5.73 Å². The van der Waals surface area contributed by atoms with Crippen LogP contribution in [0.3, 0.4) is 0 Å². The van der Waals surface area contributed by atoms with Crippen molar-refractivity contribution >= 4 is 18.3 Å². The monoisotopic (exact) mass is 440 g/mol. The van der Waals surface area contributed by atoms with Crippen LogP contribution < -0.4 is 10.5 Å². The normalized spacial score (nSPS) is 13.0. The lowest BCUT2D eigenvalue weighted by atomic mass is 10.0. The van der Waals surface area contributed by atoms with Crippen LogP contribution in [0.5, 0.6) is 11.5 Å². The highest BCUT2D eigenvalue weighted by atomic mass is 35.5. The molecule has 0 fully saturated rings. The van der Waals surface area contributed by atoms with Crippen molar-refractivity contribution in [3.8, 4) is 11.5 Å².